The van der Waals surface area contributed by atoms with E-state index in [-0.39, 0.29) is 50.6 Å². The van der Waals surface area contributed by atoms with Gasteiger partial charge in [0.2, 0.25) is 11.5 Å². The molecule has 2 heterocycles. The maximum Gasteiger partial charge on any atom is 1.00 e. The molecule has 1 aromatic heterocycles. The Kier molecular flexibility index (Phi) is 11.4. The van der Waals surface area contributed by atoms with Crippen LogP contribution in [0.15, 0.2) is 10.5 Å². The van der Waals surface area contributed by atoms with Crippen molar-refractivity contribution < 1.29 is 80.8 Å². The minimum atomic E-state index is -5.40. The molecule has 2 rings (SSSR count). The molecule has 198 valence electrons. The van der Waals surface area contributed by atoms with Gasteiger partial charge in [0.05, 0.1) is 14.2 Å². The first-order valence-electron chi connectivity index (χ1n) is 9.52. The number of esters is 2. The molecular weight excluding hydrogens is 573 g/mol. The number of β-lactam (4-membered cyclic amide) rings is 1. The standard InChI is InChI=1S/C17H20ClN5O11S2.Na/c1-17(2,15(28)33-4)34-22-9(7-6-35-16(19-7)20-8(24)5-18)12(25)21-10-11(14(27)32-3)23(13(10)26)36(29,30)31;/h6,10-11H,5H2,1-4H3,(H,21,25)(H,19,20,24)(H,29,30,31);/q;+1/p-1. The summed E-state index contributed by atoms with van der Waals surface area (Å²) in [6.45, 7) is 2.54. The van der Waals surface area contributed by atoms with Crippen LogP contribution >= 0.6 is 22.9 Å². The molecule has 1 aliphatic heterocycles. The Morgan fingerprint density at radius 1 is 1.27 bits per heavy atom. The van der Waals surface area contributed by atoms with Gasteiger partial charge in [0.25, 0.3) is 11.8 Å². The van der Waals surface area contributed by atoms with Crippen LogP contribution in [-0.2, 0) is 48.6 Å². The quantitative estimate of drug-likeness (QED) is 0.0498. The third kappa shape index (κ3) is 7.59. The van der Waals surface area contributed by atoms with E-state index in [1.165, 1.54) is 19.2 Å². The Morgan fingerprint density at radius 3 is 2.41 bits per heavy atom. The molecule has 20 heteroatoms. The first-order valence-corrected chi connectivity index (χ1v) is 12.3. The van der Waals surface area contributed by atoms with Crippen molar-refractivity contribution in [2.75, 3.05) is 25.4 Å². The van der Waals surface area contributed by atoms with Crippen LogP contribution in [0.3, 0.4) is 0 Å². The van der Waals surface area contributed by atoms with Gasteiger partial charge in [-0.05, 0) is 13.8 Å². The maximum atomic E-state index is 13.0. The number of rotatable bonds is 10. The van der Waals surface area contributed by atoms with Crippen LogP contribution in [0.25, 0.3) is 0 Å². The van der Waals surface area contributed by atoms with Gasteiger partial charge < -0.3 is 29.5 Å². The number of aromatic nitrogens is 1. The number of halogens is 1. The van der Waals surface area contributed by atoms with Crippen LogP contribution in [-0.4, -0.2) is 95.4 Å². The summed E-state index contributed by atoms with van der Waals surface area (Å²) >= 11 is 6.28. The van der Waals surface area contributed by atoms with Gasteiger partial charge in [0.1, 0.15) is 17.6 Å². The van der Waals surface area contributed by atoms with Crippen molar-refractivity contribution >= 4 is 73.7 Å². The topological polar surface area (TPSA) is 223 Å². The summed E-state index contributed by atoms with van der Waals surface area (Å²) in [5.41, 5.74) is -2.55. The summed E-state index contributed by atoms with van der Waals surface area (Å²) in [7, 11) is -3.44. The molecule has 3 amide bonds. The number of thiazole rings is 1. The Hall–Kier alpha value is -2.35. The normalized spacial score (nSPS) is 17.6. The molecule has 1 aromatic rings. The molecule has 2 atom stereocenters. The van der Waals surface area contributed by atoms with Gasteiger partial charge in [-0.2, -0.15) is 0 Å². The zero-order chi connectivity index (χ0) is 27.4. The number of alkyl halides is 1. The second-order valence-electron chi connectivity index (χ2n) is 7.26. The Balaban J connectivity index is 0.00000684. The van der Waals surface area contributed by atoms with Crippen LogP contribution in [0.4, 0.5) is 5.13 Å². The summed E-state index contributed by atoms with van der Waals surface area (Å²) in [4.78, 5) is 69.8. The van der Waals surface area contributed by atoms with Gasteiger partial charge in [0.15, 0.2) is 27.2 Å². The fraction of sp³-hybridized carbons (Fsp3) is 0.471. The van der Waals surface area contributed by atoms with Crippen LogP contribution in [0, 0.1) is 0 Å². The zero-order valence-corrected chi connectivity index (χ0v) is 24.4. The average molecular weight is 592 g/mol. The molecule has 0 aliphatic carbocycles. The van der Waals surface area contributed by atoms with E-state index in [4.69, 9.17) is 16.4 Å². The molecule has 1 fully saturated rings. The number of amides is 3. The van der Waals surface area contributed by atoms with Gasteiger partial charge in [0, 0.05) is 5.38 Å². The number of hydrogen-bond donors (Lipinski definition) is 2. The van der Waals surface area contributed by atoms with Gasteiger partial charge in [-0.1, -0.05) is 5.16 Å². The van der Waals surface area contributed by atoms with Crippen molar-refractivity contribution in [3.63, 3.8) is 0 Å². The smallest absolute Gasteiger partial charge is 0.731 e. The molecule has 0 radical (unpaired) electrons. The summed E-state index contributed by atoms with van der Waals surface area (Å²) in [5, 5.41) is 9.29. The average Bonchev–Trinajstić information content (AvgIpc) is 3.26. The number of nitrogens with one attached hydrogen (secondary N) is 2. The minimum Gasteiger partial charge on any atom is -0.731 e. The molecular formula is C17H19ClN5NaO11S2. The monoisotopic (exact) mass is 591 g/mol. The van der Waals surface area contributed by atoms with Gasteiger partial charge in [-0.25, -0.2) is 27.3 Å². The zero-order valence-electron chi connectivity index (χ0n) is 20.0. The van der Waals surface area contributed by atoms with Crippen molar-refractivity contribution in [3.8, 4) is 0 Å². The van der Waals surface area contributed by atoms with Gasteiger partial charge in [-0.15, -0.1) is 22.9 Å². The van der Waals surface area contributed by atoms with Crippen LogP contribution in [0.2, 0.25) is 0 Å². The molecule has 16 nitrogen and oxygen atoms in total. The van der Waals surface area contributed by atoms with Gasteiger partial charge >= 0.3 is 41.5 Å². The molecule has 2 unspecified atom stereocenters. The largest absolute Gasteiger partial charge is 1.00 e. The summed E-state index contributed by atoms with van der Waals surface area (Å²) in [5.74, 6) is -5.77. The second-order valence-corrected chi connectivity index (χ2v) is 9.64. The molecule has 0 saturated carbocycles. The van der Waals surface area contributed by atoms with Crippen molar-refractivity contribution in [2.24, 2.45) is 5.16 Å². The molecule has 0 aromatic carbocycles. The third-order valence-electron chi connectivity index (χ3n) is 4.39. The third-order valence-corrected chi connectivity index (χ3v) is 6.28. The molecule has 1 aliphatic rings. The number of anilines is 1. The summed E-state index contributed by atoms with van der Waals surface area (Å²) in [6.07, 6.45) is 0. The number of methoxy groups -OCH3 is 2. The van der Waals surface area contributed by atoms with E-state index >= 15 is 0 Å². The van der Waals surface area contributed by atoms with E-state index in [2.05, 4.69) is 30.2 Å². The van der Waals surface area contributed by atoms with E-state index < -0.39 is 63.4 Å². The predicted molar refractivity (Wildman–Crippen MR) is 119 cm³/mol. The molecule has 2 N–H and O–H groups in total. The van der Waals surface area contributed by atoms with Crippen molar-refractivity contribution in [1.82, 2.24) is 14.6 Å². The first kappa shape index (κ1) is 32.7. The Labute approximate surface area is 241 Å². The Morgan fingerprint density at radius 2 is 1.89 bits per heavy atom. The van der Waals surface area contributed by atoms with Crippen LogP contribution in [0.5, 0.6) is 0 Å². The van der Waals surface area contributed by atoms with Crippen LogP contribution in [0.1, 0.15) is 19.5 Å². The number of nitrogens with zero attached hydrogens (tertiary/aromatic N) is 3. The van der Waals surface area contributed by atoms with Crippen molar-refractivity contribution in [3.05, 3.63) is 11.1 Å². The van der Waals surface area contributed by atoms with E-state index in [0.717, 1.165) is 25.6 Å². The summed E-state index contributed by atoms with van der Waals surface area (Å²) in [6, 6.07) is -3.79. The number of ether oxygens (including phenoxy) is 2. The minimum absolute atomic E-state index is 0. The van der Waals surface area contributed by atoms with Crippen molar-refractivity contribution in [2.45, 2.75) is 31.5 Å². The Bertz CT molecular complexity index is 1220. The maximum absolute atomic E-state index is 13.0. The SMILES string of the molecule is COC(=O)C1C(NC(=O)C(=NOC(C)(C)C(=O)OC)c2csc(NC(=O)CCl)n2)C(=O)N1S(=O)(=O)[O-].[Na+]. The molecule has 0 bridgehead atoms. The summed E-state index contributed by atoms with van der Waals surface area (Å²) < 4.78 is 42.8. The van der Waals surface area contributed by atoms with E-state index in [9.17, 15) is 36.9 Å². The number of hydrogen-bond acceptors (Lipinski definition) is 14. The fourth-order valence-electron chi connectivity index (χ4n) is 2.65. The molecule has 1 saturated heterocycles. The predicted octanol–water partition coefficient (Wildman–Crippen LogP) is -4.67. The molecule has 0 spiro atoms. The number of oxime groups is 1. The van der Waals surface area contributed by atoms with Crippen LogP contribution < -0.4 is 40.2 Å². The molecule has 37 heavy (non-hydrogen) atoms. The number of carbonyl (C=O) groups is 5. The number of carbonyl (C=O) groups excluding carboxylic acids is 5. The van der Waals surface area contributed by atoms with Crippen molar-refractivity contribution in [1.29, 1.82) is 0 Å². The van der Waals surface area contributed by atoms with Gasteiger partial charge in [-0.3, -0.25) is 14.4 Å². The van der Waals surface area contributed by atoms with E-state index in [0.29, 0.717) is 0 Å². The van der Waals surface area contributed by atoms with E-state index in [1.54, 1.807) is 0 Å². The second kappa shape index (κ2) is 12.9. The van der Waals surface area contributed by atoms with E-state index in [1.807, 2.05) is 0 Å². The first-order chi connectivity index (χ1) is 16.7. The fourth-order valence-corrected chi connectivity index (χ4v) is 4.25.